The van der Waals surface area contributed by atoms with E-state index in [1.807, 2.05) is 6.92 Å². The highest BCUT2D eigenvalue weighted by molar-refractivity contribution is 5.81. The van der Waals surface area contributed by atoms with E-state index in [4.69, 9.17) is 4.98 Å². The van der Waals surface area contributed by atoms with Crippen molar-refractivity contribution in [3.63, 3.8) is 0 Å². The van der Waals surface area contributed by atoms with E-state index in [9.17, 15) is 4.39 Å². The Bertz CT molecular complexity index is 742. The fraction of sp³-hybridized carbons (Fsp3) is 0.600. The smallest absolute Gasteiger partial charge is 0.226 e. The maximum Gasteiger partial charge on any atom is 0.226 e. The van der Waals surface area contributed by atoms with Crippen LogP contribution in [-0.4, -0.2) is 35.1 Å². The number of hydrogen-bond donors (Lipinski definition) is 1. The van der Waals surface area contributed by atoms with E-state index < -0.39 is 0 Å². The molecular formula is C20H27FN4. The Balaban J connectivity index is 1.48. The van der Waals surface area contributed by atoms with E-state index in [2.05, 4.69) is 15.2 Å². The van der Waals surface area contributed by atoms with E-state index in [1.54, 1.807) is 6.07 Å². The summed E-state index contributed by atoms with van der Waals surface area (Å²) >= 11 is 0. The van der Waals surface area contributed by atoms with Gasteiger partial charge in [0, 0.05) is 30.6 Å². The minimum atomic E-state index is -0.234. The van der Waals surface area contributed by atoms with E-state index >= 15 is 0 Å². The molecule has 1 saturated heterocycles. The van der Waals surface area contributed by atoms with Crippen LogP contribution >= 0.6 is 0 Å². The van der Waals surface area contributed by atoms with Crippen LogP contribution in [0.2, 0.25) is 0 Å². The van der Waals surface area contributed by atoms with Crippen LogP contribution in [0, 0.1) is 12.7 Å². The van der Waals surface area contributed by atoms with Gasteiger partial charge >= 0.3 is 0 Å². The number of benzene rings is 1. The highest BCUT2D eigenvalue weighted by Crippen LogP contribution is 2.24. The Morgan fingerprint density at radius 2 is 1.76 bits per heavy atom. The highest BCUT2D eigenvalue weighted by Gasteiger charge is 2.23. The molecule has 0 bridgehead atoms. The van der Waals surface area contributed by atoms with Crippen molar-refractivity contribution in [2.75, 3.05) is 18.0 Å². The van der Waals surface area contributed by atoms with Gasteiger partial charge in [0.2, 0.25) is 5.95 Å². The number of aryl methyl sites for hydroxylation is 1. The molecule has 1 aromatic carbocycles. The van der Waals surface area contributed by atoms with Gasteiger partial charge < -0.3 is 10.2 Å². The SMILES string of the molecule is Cc1nc(N2CCC[C@@H](NC3CCCC3)CC2)nc2ccc(F)cc12. The first kappa shape index (κ1) is 16.7. The molecule has 0 spiro atoms. The first-order chi connectivity index (χ1) is 12.2. The second-order valence-corrected chi connectivity index (χ2v) is 7.53. The average molecular weight is 342 g/mol. The zero-order valence-electron chi connectivity index (χ0n) is 15.0. The number of rotatable bonds is 3. The summed E-state index contributed by atoms with van der Waals surface area (Å²) in [6.07, 6.45) is 8.95. The number of halogens is 1. The maximum atomic E-state index is 13.5. The summed E-state index contributed by atoms with van der Waals surface area (Å²) < 4.78 is 13.5. The van der Waals surface area contributed by atoms with Crippen LogP contribution in [0.15, 0.2) is 18.2 Å². The number of nitrogens with one attached hydrogen (secondary N) is 1. The van der Waals surface area contributed by atoms with Crippen molar-refractivity contribution in [3.05, 3.63) is 29.7 Å². The zero-order valence-corrected chi connectivity index (χ0v) is 15.0. The Kier molecular flexibility index (Phi) is 4.84. The molecule has 1 atom stereocenters. The van der Waals surface area contributed by atoms with E-state index in [1.165, 1.54) is 44.2 Å². The summed E-state index contributed by atoms with van der Waals surface area (Å²) in [6, 6.07) is 6.10. The molecule has 1 aliphatic carbocycles. The molecule has 5 heteroatoms. The largest absolute Gasteiger partial charge is 0.341 e. The second kappa shape index (κ2) is 7.24. The fourth-order valence-corrected chi connectivity index (χ4v) is 4.27. The van der Waals surface area contributed by atoms with Crippen molar-refractivity contribution in [3.8, 4) is 0 Å². The monoisotopic (exact) mass is 342 g/mol. The van der Waals surface area contributed by atoms with E-state index in [0.29, 0.717) is 6.04 Å². The molecule has 1 aliphatic heterocycles. The second-order valence-electron chi connectivity index (χ2n) is 7.53. The minimum Gasteiger partial charge on any atom is -0.341 e. The summed E-state index contributed by atoms with van der Waals surface area (Å²) in [7, 11) is 0. The summed E-state index contributed by atoms with van der Waals surface area (Å²) in [5.74, 6) is 0.556. The van der Waals surface area contributed by atoms with Crippen LogP contribution in [0.1, 0.15) is 50.6 Å². The van der Waals surface area contributed by atoms with Crippen molar-refractivity contribution >= 4 is 16.9 Å². The van der Waals surface area contributed by atoms with Crippen molar-refractivity contribution in [1.82, 2.24) is 15.3 Å². The van der Waals surface area contributed by atoms with Crippen molar-refractivity contribution in [1.29, 1.82) is 0 Å². The van der Waals surface area contributed by atoms with E-state index in [-0.39, 0.29) is 5.82 Å². The number of hydrogen-bond acceptors (Lipinski definition) is 4. The summed E-state index contributed by atoms with van der Waals surface area (Å²) in [5, 5.41) is 4.67. The maximum absolute atomic E-state index is 13.5. The fourth-order valence-electron chi connectivity index (χ4n) is 4.27. The van der Waals surface area contributed by atoms with Gasteiger partial charge in [0.15, 0.2) is 0 Å². The van der Waals surface area contributed by atoms with Crippen LogP contribution in [0.25, 0.3) is 10.9 Å². The number of anilines is 1. The quantitative estimate of drug-likeness (QED) is 0.916. The molecule has 4 nitrogen and oxygen atoms in total. The summed E-state index contributed by atoms with van der Waals surface area (Å²) in [4.78, 5) is 11.7. The molecule has 134 valence electrons. The van der Waals surface area contributed by atoms with Gasteiger partial charge in [0.05, 0.1) is 11.2 Å². The molecule has 1 aromatic heterocycles. The first-order valence-electron chi connectivity index (χ1n) is 9.64. The van der Waals surface area contributed by atoms with Crippen LogP contribution in [0.5, 0.6) is 0 Å². The average Bonchev–Trinajstić information content (AvgIpc) is 3.00. The molecule has 1 N–H and O–H groups in total. The van der Waals surface area contributed by atoms with Crippen LogP contribution in [-0.2, 0) is 0 Å². The first-order valence-corrected chi connectivity index (χ1v) is 9.64. The summed E-state index contributed by atoms with van der Waals surface area (Å²) in [6.45, 7) is 3.92. The van der Waals surface area contributed by atoms with Crippen LogP contribution in [0.4, 0.5) is 10.3 Å². The van der Waals surface area contributed by atoms with Crippen LogP contribution < -0.4 is 10.2 Å². The molecule has 4 rings (SSSR count). The summed E-state index contributed by atoms with van der Waals surface area (Å²) in [5.41, 5.74) is 1.68. The van der Waals surface area contributed by atoms with Gasteiger partial charge in [-0.2, -0.15) is 0 Å². The lowest BCUT2D eigenvalue weighted by Gasteiger charge is -2.23. The lowest BCUT2D eigenvalue weighted by atomic mass is 10.1. The van der Waals surface area contributed by atoms with E-state index in [0.717, 1.165) is 54.5 Å². The van der Waals surface area contributed by atoms with Gasteiger partial charge in [-0.1, -0.05) is 12.8 Å². The molecule has 0 unspecified atom stereocenters. The predicted octanol–water partition coefficient (Wildman–Crippen LogP) is 3.97. The standard InChI is InChI=1S/C20H27FN4/c1-14-18-13-15(21)8-9-19(18)24-20(22-14)25-11-4-7-17(10-12-25)23-16-5-2-3-6-16/h8-9,13,16-17,23H,2-7,10-12H2,1H3/t17-/m1/s1. The number of aromatic nitrogens is 2. The minimum absolute atomic E-state index is 0.234. The van der Waals surface area contributed by atoms with Crippen LogP contribution in [0.3, 0.4) is 0 Å². The molecular weight excluding hydrogens is 315 g/mol. The third kappa shape index (κ3) is 3.76. The van der Waals surface area contributed by atoms with Gasteiger partial charge in [-0.3, -0.25) is 0 Å². The number of fused-ring (bicyclic) bond motifs is 1. The Hall–Kier alpha value is -1.75. The topological polar surface area (TPSA) is 41.1 Å². The Morgan fingerprint density at radius 1 is 1.00 bits per heavy atom. The normalized spacial score (nSPS) is 22.5. The highest BCUT2D eigenvalue weighted by atomic mass is 19.1. The van der Waals surface area contributed by atoms with Gasteiger partial charge in [-0.25, -0.2) is 14.4 Å². The van der Waals surface area contributed by atoms with Gasteiger partial charge in [-0.05, 0) is 57.2 Å². The Morgan fingerprint density at radius 3 is 2.60 bits per heavy atom. The lowest BCUT2D eigenvalue weighted by molar-refractivity contribution is 0.403. The molecule has 25 heavy (non-hydrogen) atoms. The van der Waals surface area contributed by atoms with Gasteiger partial charge in [-0.15, -0.1) is 0 Å². The molecule has 0 radical (unpaired) electrons. The molecule has 1 saturated carbocycles. The third-order valence-corrected chi connectivity index (χ3v) is 5.67. The van der Waals surface area contributed by atoms with Crippen molar-refractivity contribution in [2.45, 2.75) is 64.0 Å². The number of nitrogens with zero attached hydrogens (tertiary/aromatic N) is 3. The molecule has 2 heterocycles. The lowest BCUT2D eigenvalue weighted by Crippen LogP contribution is -2.37. The molecule has 2 fully saturated rings. The van der Waals surface area contributed by atoms with Gasteiger partial charge in [0.25, 0.3) is 0 Å². The van der Waals surface area contributed by atoms with Crippen molar-refractivity contribution < 1.29 is 4.39 Å². The Labute approximate surface area is 148 Å². The molecule has 2 aliphatic rings. The third-order valence-electron chi connectivity index (χ3n) is 5.67. The predicted molar refractivity (Wildman–Crippen MR) is 99.5 cm³/mol. The van der Waals surface area contributed by atoms with Gasteiger partial charge in [0.1, 0.15) is 5.82 Å². The zero-order chi connectivity index (χ0) is 17.2. The molecule has 0 amide bonds. The van der Waals surface area contributed by atoms with Crippen molar-refractivity contribution in [2.24, 2.45) is 0 Å². The molecule has 2 aromatic rings.